The zero-order valence-corrected chi connectivity index (χ0v) is 15.9. The molecule has 0 bridgehead atoms. The number of fused-ring (bicyclic) bond motifs is 1. The Hall–Kier alpha value is -3.48. The second-order valence-electron chi connectivity index (χ2n) is 6.21. The summed E-state index contributed by atoms with van der Waals surface area (Å²) >= 11 is 0. The van der Waals surface area contributed by atoms with Crippen LogP contribution < -0.4 is 14.4 Å². The molecule has 0 saturated carbocycles. The van der Waals surface area contributed by atoms with Gasteiger partial charge in [-0.3, -0.25) is 4.79 Å². The van der Waals surface area contributed by atoms with Gasteiger partial charge >= 0.3 is 5.97 Å². The van der Waals surface area contributed by atoms with Crippen molar-refractivity contribution in [3.8, 4) is 11.5 Å². The molecule has 7 heteroatoms. The van der Waals surface area contributed by atoms with Crippen LogP contribution in [0.15, 0.2) is 48.0 Å². The molecule has 2 aromatic rings. The van der Waals surface area contributed by atoms with Crippen LogP contribution >= 0.6 is 0 Å². The highest BCUT2D eigenvalue weighted by molar-refractivity contribution is 6.09. The van der Waals surface area contributed by atoms with E-state index in [0.29, 0.717) is 22.7 Å². The van der Waals surface area contributed by atoms with Gasteiger partial charge in [0.1, 0.15) is 17.3 Å². The number of aliphatic hydroxyl groups is 1. The first-order chi connectivity index (χ1) is 13.5. The number of carbonyl (C=O) groups excluding carboxylic acids is 2. The van der Waals surface area contributed by atoms with E-state index in [-0.39, 0.29) is 30.2 Å². The molecule has 0 saturated heterocycles. The number of hydrogen-bond acceptors (Lipinski definition) is 6. The minimum Gasteiger partial charge on any atom is -0.507 e. The van der Waals surface area contributed by atoms with Gasteiger partial charge in [-0.05, 0) is 29.8 Å². The standard InChI is InChI=1S/C21H21NO6/c1-26-14-8-13(9-15(10-14)27-2)12-22-18-7-5-4-6-16(18)20(24)17(11-19(22)23)21(25)28-3/h4-10,24H,11-12H2,1-3H3. The van der Waals surface area contributed by atoms with Gasteiger partial charge < -0.3 is 24.2 Å². The molecule has 0 radical (unpaired) electrons. The first-order valence-electron chi connectivity index (χ1n) is 8.60. The highest BCUT2D eigenvalue weighted by Crippen LogP contribution is 2.35. The summed E-state index contributed by atoms with van der Waals surface area (Å²) in [6.07, 6.45) is -0.270. The van der Waals surface area contributed by atoms with E-state index in [9.17, 15) is 14.7 Å². The van der Waals surface area contributed by atoms with E-state index in [2.05, 4.69) is 0 Å². The lowest BCUT2D eigenvalue weighted by Crippen LogP contribution is -2.30. The van der Waals surface area contributed by atoms with Crippen LogP contribution in [0, 0.1) is 0 Å². The van der Waals surface area contributed by atoms with E-state index in [0.717, 1.165) is 5.56 Å². The number of aliphatic hydroxyl groups excluding tert-OH is 1. The Morgan fingerprint density at radius 2 is 1.71 bits per heavy atom. The molecule has 0 unspecified atom stereocenters. The van der Waals surface area contributed by atoms with E-state index in [1.54, 1.807) is 56.7 Å². The third kappa shape index (κ3) is 3.64. The number of nitrogens with zero attached hydrogens (tertiary/aromatic N) is 1. The van der Waals surface area contributed by atoms with E-state index in [4.69, 9.17) is 14.2 Å². The van der Waals surface area contributed by atoms with E-state index in [1.165, 1.54) is 12.0 Å². The number of ether oxygens (including phenoxy) is 3. The monoisotopic (exact) mass is 383 g/mol. The first-order valence-corrected chi connectivity index (χ1v) is 8.60. The number of rotatable bonds is 5. The fraction of sp³-hybridized carbons (Fsp3) is 0.238. The second-order valence-corrected chi connectivity index (χ2v) is 6.21. The minimum absolute atomic E-state index is 0.0642. The largest absolute Gasteiger partial charge is 0.507 e. The van der Waals surface area contributed by atoms with Crippen molar-refractivity contribution >= 4 is 23.3 Å². The molecule has 0 aromatic heterocycles. The quantitative estimate of drug-likeness (QED) is 0.799. The topological polar surface area (TPSA) is 85.3 Å². The molecule has 28 heavy (non-hydrogen) atoms. The molecule has 1 heterocycles. The normalized spacial score (nSPS) is 13.7. The lowest BCUT2D eigenvalue weighted by atomic mass is 10.1. The fourth-order valence-electron chi connectivity index (χ4n) is 3.14. The number of esters is 1. The molecule has 0 aliphatic carbocycles. The zero-order valence-electron chi connectivity index (χ0n) is 15.9. The summed E-state index contributed by atoms with van der Waals surface area (Å²) in [5, 5.41) is 10.6. The summed E-state index contributed by atoms with van der Waals surface area (Å²) in [6.45, 7) is 0.213. The van der Waals surface area contributed by atoms with Gasteiger partial charge in [0.05, 0.1) is 45.6 Å². The molecule has 1 N–H and O–H groups in total. The molecule has 146 valence electrons. The van der Waals surface area contributed by atoms with Crippen LogP contribution in [0.25, 0.3) is 5.76 Å². The van der Waals surface area contributed by atoms with Crippen molar-refractivity contribution < 1.29 is 28.9 Å². The van der Waals surface area contributed by atoms with Crippen LogP contribution in [0.2, 0.25) is 0 Å². The Morgan fingerprint density at radius 1 is 1.07 bits per heavy atom. The van der Waals surface area contributed by atoms with Crippen molar-refractivity contribution in [2.45, 2.75) is 13.0 Å². The molecule has 2 aromatic carbocycles. The summed E-state index contributed by atoms with van der Waals surface area (Å²) in [5.74, 6) is -0.118. The van der Waals surface area contributed by atoms with Crippen LogP contribution in [0.3, 0.4) is 0 Å². The van der Waals surface area contributed by atoms with Gasteiger partial charge in [-0.1, -0.05) is 12.1 Å². The second kappa shape index (κ2) is 8.04. The van der Waals surface area contributed by atoms with Crippen molar-refractivity contribution in [3.63, 3.8) is 0 Å². The number of benzene rings is 2. The van der Waals surface area contributed by atoms with Gasteiger partial charge in [-0.15, -0.1) is 0 Å². The third-order valence-corrected chi connectivity index (χ3v) is 4.55. The van der Waals surface area contributed by atoms with Gasteiger partial charge in [-0.2, -0.15) is 0 Å². The predicted octanol–water partition coefficient (Wildman–Crippen LogP) is 3.08. The first kappa shape index (κ1) is 19.3. The molecule has 0 spiro atoms. The predicted molar refractivity (Wildman–Crippen MR) is 103 cm³/mol. The van der Waals surface area contributed by atoms with Gasteiger partial charge in [0.2, 0.25) is 5.91 Å². The van der Waals surface area contributed by atoms with Gasteiger partial charge in [0.15, 0.2) is 0 Å². The summed E-state index contributed by atoms with van der Waals surface area (Å²) in [6, 6.07) is 12.2. The molecular formula is C21H21NO6. The minimum atomic E-state index is -0.731. The summed E-state index contributed by atoms with van der Waals surface area (Å²) in [7, 11) is 4.31. The van der Waals surface area contributed by atoms with E-state index < -0.39 is 5.97 Å². The zero-order chi connectivity index (χ0) is 20.3. The van der Waals surface area contributed by atoms with Crippen LogP contribution in [-0.2, 0) is 20.9 Å². The van der Waals surface area contributed by atoms with Crippen LogP contribution in [0.1, 0.15) is 17.5 Å². The van der Waals surface area contributed by atoms with E-state index in [1.807, 2.05) is 0 Å². The molecule has 1 aliphatic rings. The van der Waals surface area contributed by atoms with Crippen LogP contribution in [0.4, 0.5) is 5.69 Å². The molecule has 3 rings (SSSR count). The average Bonchev–Trinajstić information content (AvgIpc) is 2.83. The number of hydrogen-bond donors (Lipinski definition) is 1. The Bertz CT molecular complexity index is 927. The maximum atomic E-state index is 13.0. The van der Waals surface area contributed by atoms with Gasteiger partial charge in [-0.25, -0.2) is 4.79 Å². The Morgan fingerprint density at radius 3 is 2.32 bits per heavy atom. The van der Waals surface area contributed by atoms with Crippen molar-refractivity contribution in [2.24, 2.45) is 0 Å². The number of anilines is 1. The molecule has 1 amide bonds. The maximum Gasteiger partial charge on any atom is 0.338 e. The SMILES string of the molecule is COC(=O)C1=C(O)c2ccccc2N(Cc2cc(OC)cc(OC)c2)C(=O)C1. The fourth-order valence-corrected chi connectivity index (χ4v) is 3.14. The van der Waals surface area contributed by atoms with Gasteiger partial charge in [0.25, 0.3) is 0 Å². The molecule has 1 aliphatic heterocycles. The van der Waals surface area contributed by atoms with Crippen molar-refractivity contribution in [3.05, 3.63) is 59.2 Å². The highest BCUT2D eigenvalue weighted by Gasteiger charge is 2.31. The summed E-state index contributed by atoms with van der Waals surface area (Å²) < 4.78 is 15.3. The number of amides is 1. The number of para-hydroxylation sites is 1. The van der Waals surface area contributed by atoms with E-state index >= 15 is 0 Å². The number of methoxy groups -OCH3 is 3. The Kier molecular flexibility index (Phi) is 5.54. The lowest BCUT2D eigenvalue weighted by Gasteiger charge is -2.23. The summed E-state index contributed by atoms with van der Waals surface area (Å²) in [5.41, 5.74) is 1.61. The van der Waals surface area contributed by atoms with Crippen molar-refractivity contribution in [1.82, 2.24) is 0 Å². The molecule has 0 atom stereocenters. The highest BCUT2D eigenvalue weighted by atomic mass is 16.5. The summed E-state index contributed by atoms with van der Waals surface area (Å²) in [4.78, 5) is 26.6. The smallest absolute Gasteiger partial charge is 0.338 e. The van der Waals surface area contributed by atoms with Crippen molar-refractivity contribution in [2.75, 3.05) is 26.2 Å². The number of carbonyl (C=O) groups is 2. The van der Waals surface area contributed by atoms with Crippen LogP contribution in [0.5, 0.6) is 11.5 Å². The van der Waals surface area contributed by atoms with Crippen molar-refractivity contribution in [1.29, 1.82) is 0 Å². The average molecular weight is 383 g/mol. The maximum absolute atomic E-state index is 13.0. The third-order valence-electron chi connectivity index (χ3n) is 4.55. The molecular weight excluding hydrogens is 362 g/mol. The Balaban J connectivity index is 2.06. The lowest BCUT2D eigenvalue weighted by molar-refractivity contribution is -0.137. The molecule has 0 fully saturated rings. The van der Waals surface area contributed by atoms with Crippen LogP contribution in [-0.4, -0.2) is 38.3 Å². The van der Waals surface area contributed by atoms with Gasteiger partial charge in [0, 0.05) is 11.6 Å². The molecule has 7 nitrogen and oxygen atoms in total. The Labute approximate surface area is 162 Å².